The Morgan fingerprint density at radius 1 is 1.53 bits per heavy atom. The van der Waals surface area contributed by atoms with Crippen LogP contribution in [0.4, 0.5) is 10.9 Å². The van der Waals surface area contributed by atoms with Crippen LogP contribution in [0.3, 0.4) is 0 Å². The van der Waals surface area contributed by atoms with E-state index in [2.05, 4.69) is 10.3 Å². The molecule has 6 nitrogen and oxygen atoms in total. The maximum Gasteiger partial charge on any atom is 0.267 e. The minimum absolute atomic E-state index is 0.0573. The Morgan fingerprint density at radius 3 is 2.95 bits per heavy atom. The van der Waals surface area contributed by atoms with Gasteiger partial charge in [0.05, 0.1) is 6.10 Å². The largest absolute Gasteiger partial charge is 0.393 e. The van der Waals surface area contributed by atoms with Crippen molar-refractivity contribution in [2.75, 3.05) is 31.2 Å². The number of anilines is 2. The van der Waals surface area contributed by atoms with Gasteiger partial charge in [0.15, 0.2) is 5.13 Å². The third-order valence-corrected chi connectivity index (χ3v) is 5.24. The lowest BCUT2D eigenvalue weighted by Crippen LogP contribution is -2.31. The molecule has 1 saturated heterocycles. The summed E-state index contributed by atoms with van der Waals surface area (Å²) in [6, 6.07) is 0. The number of nitrogens with one attached hydrogen (secondary N) is 1. The van der Waals surface area contributed by atoms with E-state index in [9.17, 15) is 9.90 Å². The maximum absolute atomic E-state index is 12.4. The topological polar surface area (TPSA) is 91.5 Å². The summed E-state index contributed by atoms with van der Waals surface area (Å²) in [6.07, 6.45) is 1.62. The quantitative estimate of drug-likeness (QED) is 0.739. The fourth-order valence-corrected chi connectivity index (χ4v) is 3.94. The molecule has 0 bridgehead atoms. The van der Waals surface area contributed by atoms with Crippen molar-refractivity contribution in [3.8, 4) is 0 Å². The van der Waals surface area contributed by atoms with Crippen molar-refractivity contribution >= 4 is 28.2 Å². The summed E-state index contributed by atoms with van der Waals surface area (Å²) in [6.45, 7) is 1.36. The summed E-state index contributed by atoms with van der Waals surface area (Å²) < 4.78 is 0. The van der Waals surface area contributed by atoms with E-state index in [-0.39, 0.29) is 23.7 Å². The fourth-order valence-electron chi connectivity index (χ4n) is 3.14. The molecule has 1 aliphatic carbocycles. The summed E-state index contributed by atoms with van der Waals surface area (Å²) in [5, 5.41) is 13.4. The number of likely N-dealkylation sites (tertiary alicyclic amines) is 1. The van der Waals surface area contributed by atoms with E-state index in [1.807, 2.05) is 0 Å². The number of amides is 1. The van der Waals surface area contributed by atoms with Crippen molar-refractivity contribution in [3.05, 3.63) is 4.88 Å². The molecule has 3 rings (SSSR count). The predicted molar refractivity (Wildman–Crippen MR) is 74.2 cm³/mol. The Bertz CT molecular complexity index is 504. The molecule has 1 saturated carbocycles. The average Bonchev–Trinajstić information content (AvgIpc) is 3.05. The molecule has 4 N–H and O–H groups in total. The van der Waals surface area contributed by atoms with Crippen LogP contribution >= 0.6 is 11.3 Å². The number of thiazole rings is 1. The second kappa shape index (κ2) is 4.64. The molecule has 2 heterocycles. The van der Waals surface area contributed by atoms with E-state index in [0.717, 1.165) is 19.4 Å². The van der Waals surface area contributed by atoms with Crippen LogP contribution in [0.1, 0.15) is 22.5 Å². The van der Waals surface area contributed by atoms with Gasteiger partial charge in [-0.05, 0) is 18.8 Å². The summed E-state index contributed by atoms with van der Waals surface area (Å²) in [5.74, 6) is 0.911. The lowest BCUT2D eigenvalue weighted by Gasteiger charge is -2.17. The standard InChI is InChI=1S/C12H18N4O2S/c1-14-12-15-10(13)9(19-12)11(18)16-4-6-2-3-8(17)7(6)5-16/h6-8,17H,2-5,13H2,1H3,(H,14,15). The van der Waals surface area contributed by atoms with Gasteiger partial charge in [-0.15, -0.1) is 0 Å². The first-order valence-corrected chi connectivity index (χ1v) is 7.33. The molecule has 19 heavy (non-hydrogen) atoms. The number of nitrogens with zero attached hydrogens (tertiary/aromatic N) is 2. The van der Waals surface area contributed by atoms with Gasteiger partial charge < -0.3 is 21.1 Å². The van der Waals surface area contributed by atoms with Crippen LogP contribution in [0, 0.1) is 11.8 Å². The Morgan fingerprint density at radius 2 is 2.32 bits per heavy atom. The lowest BCUT2D eigenvalue weighted by atomic mass is 10.00. The third-order valence-electron chi connectivity index (χ3n) is 4.17. The number of nitrogens with two attached hydrogens (primary N) is 1. The number of carbonyl (C=O) groups is 1. The third kappa shape index (κ3) is 2.06. The minimum Gasteiger partial charge on any atom is -0.393 e. The molecule has 7 heteroatoms. The molecule has 0 aromatic carbocycles. The summed E-state index contributed by atoms with van der Waals surface area (Å²) in [5.41, 5.74) is 5.79. The molecule has 0 spiro atoms. The van der Waals surface area contributed by atoms with Gasteiger partial charge in [0, 0.05) is 26.1 Å². The van der Waals surface area contributed by atoms with Crippen LogP contribution in [0.2, 0.25) is 0 Å². The van der Waals surface area contributed by atoms with Gasteiger partial charge in [0.25, 0.3) is 5.91 Å². The van der Waals surface area contributed by atoms with E-state index < -0.39 is 0 Å². The Kier molecular flexibility index (Phi) is 3.10. The van der Waals surface area contributed by atoms with Gasteiger partial charge in [-0.3, -0.25) is 4.79 Å². The molecule has 104 valence electrons. The van der Waals surface area contributed by atoms with Crippen molar-refractivity contribution < 1.29 is 9.90 Å². The zero-order chi connectivity index (χ0) is 13.6. The molecule has 3 atom stereocenters. The van der Waals surface area contributed by atoms with Crippen molar-refractivity contribution in [3.63, 3.8) is 0 Å². The zero-order valence-electron chi connectivity index (χ0n) is 10.8. The number of rotatable bonds is 2. The molecule has 1 amide bonds. The minimum atomic E-state index is -0.255. The fraction of sp³-hybridized carbons (Fsp3) is 0.667. The second-order valence-corrected chi connectivity index (χ2v) is 6.26. The Balaban J connectivity index is 1.76. The van der Waals surface area contributed by atoms with Gasteiger partial charge in [-0.2, -0.15) is 0 Å². The molecule has 2 fully saturated rings. The van der Waals surface area contributed by atoms with Gasteiger partial charge in [-0.1, -0.05) is 11.3 Å². The van der Waals surface area contributed by atoms with Crippen molar-refractivity contribution in [1.29, 1.82) is 0 Å². The number of aliphatic hydroxyl groups excluding tert-OH is 1. The SMILES string of the molecule is CNc1nc(N)c(C(=O)N2CC3CCC(O)C3C2)s1. The molecule has 1 aliphatic heterocycles. The van der Waals surface area contributed by atoms with Gasteiger partial charge >= 0.3 is 0 Å². The first-order chi connectivity index (χ1) is 9.10. The van der Waals surface area contributed by atoms with Crippen LogP contribution in [0.15, 0.2) is 0 Å². The first-order valence-electron chi connectivity index (χ1n) is 6.51. The predicted octanol–water partition coefficient (Wildman–Crippen LogP) is 0.610. The zero-order valence-corrected chi connectivity index (χ0v) is 11.6. The van der Waals surface area contributed by atoms with E-state index in [1.165, 1.54) is 11.3 Å². The molecule has 2 aliphatic rings. The highest BCUT2D eigenvalue weighted by molar-refractivity contribution is 7.18. The van der Waals surface area contributed by atoms with Crippen LogP contribution < -0.4 is 11.1 Å². The number of aliphatic hydroxyl groups is 1. The van der Waals surface area contributed by atoms with Gasteiger partial charge in [-0.25, -0.2) is 4.98 Å². The molecule has 3 unspecified atom stereocenters. The molecule has 1 aromatic heterocycles. The number of fused-ring (bicyclic) bond motifs is 1. The number of aromatic nitrogens is 1. The monoisotopic (exact) mass is 282 g/mol. The highest BCUT2D eigenvalue weighted by atomic mass is 32.1. The normalized spacial score (nSPS) is 29.6. The summed E-state index contributed by atoms with van der Waals surface area (Å²) in [4.78, 5) is 18.8. The van der Waals surface area contributed by atoms with Crippen LogP contribution in [0.25, 0.3) is 0 Å². The second-order valence-electron chi connectivity index (χ2n) is 5.26. The van der Waals surface area contributed by atoms with E-state index in [0.29, 0.717) is 22.5 Å². The Hall–Kier alpha value is -1.34. The van der Waals surface area contributed by atoms with Crippen LogP contribution in [-0.2, 0) is 0 Å². The molecular formula is C12H18N4O2S. The lowest BCUT2D eigenvalue weighted by molar-refractivity contribution is 0.0757. The summed E-state index contributed by atoms with van der Waals surface area (Å²) >= 11 is 1.28. The Labute approximate surface area is 115 Å². The van der Waals surface area contributed by atoms with Gasteiger partial charge in [0.1, 0.15) is 10.7 Å². The van der Waals surface area contributed by atoms with Crippen molar-refractivity contribution in [2.24, 2.45) is 11.8 Å². The smallest absolute Gasteiger partial charge is 0.267 e. The maximum atomic E-state index is 12.4. The van der Waals surface area contributed by atoms with Crippen LogP contribution in [-0.4, -0.2) is 47.1 Å². The van der Waals surface area contributed by atoms with Gasteiger partial charge in [0.2, 0.25) is 0 Å². The first kappa shape index (κ1) is 12.7. The number of hydrogen-bond donors (Lipinski definition) is 3. The van der Waals surface area contributed by atoms with Crippen LogP contribution in [0.5, 0.6) is 0 Å². The number of nitrogen functional groups attached to an aromatic ring is 1. The highest BCUT2D eigenvalue weighted by Crippen LogP contribution is 2.39. The number of hydrogen-bond acceptors (Lipinski definition) is 6. The van der Waals surface area contributed by atoms with Crippen molar-refractivity contribution in [2.45, 2.75) is 18.9 Å². The number of carbonyl (C=O) groups excluding carboxylic acids is 1. The van der Waals surface area contributed by atoms with E-state index in [4.69, 9.17) is 5.73 Å². The van der Waals surface area contributed by atoms with E-state index in [1.54, 1.807) is 11.9 Å². The molecular weight excluding hydrogens is 264 g/mol. The highest BCUT2D eigenvalue weighted by Gasteiger charge is 2.43. The van der Waals surface area contributed by atoms with Crippen molar-refractivity contribution in [1.82, 2.24) is 9.88 Å². The average molecular weight is 282 g/mol. The van der Waals surface area contributed by atoms with E-state index >= 15 is 0 Å². The molecule has 0 radical (unpaired) electrons. The molecule has 1 aromatic rings. The summed E-state index contributed by atoms with van der Waals surface area (Å²) in [7, 11) is 1.75.